The molecule has 170 valence electrons. The average Bonchev–Trinajstić information content (AvgIpc) is 2.83. The average molecular weight is 457 g/mol. The summed E-state index contributed by atoms with van der Waals surface area (Å²) >= 11 is 0. The molecule has 0 aromatic heterocycles. The van der Waals surface area contributed by atoms with E-state index in [0.29, 0.717) is 6.54 Å². The minimum atomic E-state index is -3.81. The molecule has 1 aliphatic carbocycles. The normalized spacial score (nSPS) is 13.8. The van der Waals surface area contributed by atoms with Crippen LogP contribution in [-0.4, -0.2) is 33.4 Å². The Balaban J connectivity index is 1.48. The number of rotatable bonds is 10. The van der Waals surface area contributed by atoms with Crippen molar-refractivity contribution in [3.05, 3.63) is 77.4 Å². The molecule has 1 aliphatic rings. The molecule has 0 aliphatic heterocycles. The van der Waals surface area contributed by atoms with Crippen LogP contribution in [0.25, 0.3) is 0 Å². The van der Waals surface area contributed by atoms with E-state index in [-0.39, 0.29) is 22.9 Å². The van der Waals surface area contributed by atoms with E-state index >= 15 is 0 Å². The molecule has 2 aromatic carbocycles. The van der Waals surface area contributed by atoms with E-state index in [0.717, 1.165) is 24.8 Å². The Morgan fingerprint density at radius 1 is 1.00 bits per heavy atom. The number of allylic oxidation sites excluding steroid dienone is 1. The fourth-order valence-corrected chi connectivity index (χ4v) is 4.47. The number of ether oxygens (including phenoxy) is 1. The molecule has 0 radical (unpaired) electrons. The van der Waals surface area contributed by atoms with Crippen molar-refractivity contribution in [3.8, 4) is 0 Å². The largest absolute Gasteiger partial charge is 0.452 e. The molecule has 0 saturated heterocycles. The minimum Gasteiger partial charge on any atom is -0.452 e. The molecular formula is C24H28N2O5S. The Hall–Kier alpha value is -2.97. The third kappa shape index (κ3) is 7.32. The molecule has 0 fully saturated rings. The highest BCUT2D eigenvalue weighted by Gasteiger charge is 2.17. The molecule has 1 amide bonds. The van der Waals surface area contributed by atoms with Crippen molar-refractivity contribution in [3.63, 3.8) is 0 Å². The zero-order valence-electron chi connectivity index (χ0n) is 17.9. The monoisotopic (exact) mass is 456 g/mol. The summed E-state index contributed by atoms with van der Waals surface area (Å²) in [6.07, 6.45) is 7.61. The molecule has 0 unspecified atom stereocenters. The van der Waals surface area contributed by atoms with Gasteiger partial charge in [0.15, 0.2) is 6.61 Å². The van der Waals surface area contributed by atoms with Crippen LogP contribution in [0, 0.1) is 0 Å². The van der Waals surface area contributed by atoms with Gasteiger partial charge in [-0.15, -0.1) is 0 Å². The van der Waals surface area contributed by atoms with Crippen LogP contribution in [-0.2, 0) is 26.1 Å². The van der Waals surface area contributed by atoms with Gasteiger partial charge in [0.05, 0.1) is 10.5 Å². The topological polar surface area (TPSA) is 102 Å². The maximum atomic E-state index is 12.6. The Morgan fingerprint density at radius 3 is 2.56 bits per heavy atom. The summed E-state index contributed by atoms with van der Waals surface area (Å²) in [4.78, 5) is 24.2. The number of carbonyl (C=O) groups is 2. The predicted molar refractivity (Wildman–Crippen MR) is 121 cm³/mol. The van der Waals surface area contributed by atoms with Crippen LogP contribution >= 0.6 is 0 Å². The first kappa shape index (κ1) is 23.7. The summed E-state index contributed by atoms with van der Waals surface area (Å²) in [5, 5.41) is 2.74. The van der Waals surface area contributed by atoms with E-state index in [4.69, 9.17) is 4.74 Å². The summed E-state index contributed by atoms with van der Waals surface area (Å²) in [6, 6.07) is 14.7. The Morgan fingerprint density at radius 2 is 1.81 bits per heavy atom. The van der Waals surface area contributed by atoms with Crippen molar-refractivity contribution in [2.45, 2.75) is 43.5 Å². The first-order valence-electron chi connectivity index (χ1n) is 10.7. The third-order valence-corrected chi connectivity index (χ3v) is 6.58. The Labute approximate surface area is 188 Å². The molecule has 3 rings (SSSR count). The van der Waals surface area contributed by atoms with Crippen LogP contribution in [0.15, 0.2) is 71.1 Å². The van der Waals surface area contributed by atoms with Gasteiger partial charge in [-0.2, -0.15) is 0 Å². The van der Waals surface area contributed by atoms with Crippen molar-refractivity contribution in [2.24, 2.45) is 0 Å². The number of esters is 1. The molecule has 0 bridgehead atoms. The van der Waals surface area contributed by atoms with Crippen LogP contribution < -0.4 is 10.0 Å². The summed E-state index contributed by atoms with van der Waals surface area (Å²) in [6.45, 7) is 0.221. The van der Waals surface area contributed by atoms with Crippen molar-refractivity contribution in [1.29, 1.82) is 0 Å². The molecule has 0 spiro atoms. The van der Waals surface area contributed by atoms with E-state index in [2.05, 4.69) is 16.1 Å². The maximum absolute atomic E-state index is 12.6. The summed E-state index contributed by atoms with van der Waals surface area (Å²) in [7, 11) is -3.81. The number of sulfonamides is 1. The Kier molecular flexibility index (Phi) is 8.58. The van der Waals surface area contributed by atoms with E-state index in [9.17, 15) is 18.0 Å². The van der Waals surface area contributed by atoms with Gasteiger partial charge in [0.2, 0.25) is 10.0 Å². The third-order valence-electron chi connectivity index (χ3n) is 5.18. The fraction of sp³-hybridized carbons (Fsp3) is 0.333. The zero-order valence-corrected chi connectivity index (χ0v) is 18.7. The predicted octanol–water partition coefficient (Wildman–Crippen LogP) is 3.33. The van der Waals surface area contributed by atoms with Crippen LogP contribution in [0.2, 0.25) is 0 Å². The van der Waals surface area contributed by atoms with Gasteiger partial charge < -0.3 is 10.1 Å². The quantitative estimate of drug-likeness (QED) is 0.422. The molecule has 0 heterocycles. The number of hydrogen-bond acceptors (Lipinski definition) is 5. The van der Waals surface area contributed by atoms with Gasteiger partial charge in [-0.25, -0.2) is 17.9 Å². The summed E-state index contributed by atoms with van der Waals surface area (Å²) < 4.78 is 32.7. The first-order chi connectivity index (χ1) is 15.4. The van der Waals surface area contributed by atoms with Gasteiger partial charge in [-0.05, 0) is 55.9 Å². The van der Waals surface area contributed by atoms with E-state index in [1.807, 2.05) is 30.3 Å². The lowest BCUT2D eigenvalue weighted by Gasteiger charge is -2.13. The van der Waals surface area contributed by atoms with Crippen LogP contribution in [0.3, 0.4) is 0 Å². The van der Waals surface area contributed by atoms with Crippen molar-refractivity contribution in [2.75, 3.05) is 13.2 Å². The standard InChI is InChI=1S/C24H28N2O5S/c27-23(25-15-14-19-8-3-1-4-9-19)18-31-24(28)21-12-7-13-22(16-21)32(29,30)26-17-20-10-5-2-6-11-20/h2,5-8,10-13,16,26H,1,3-4,9,14-15,17-18H2,(H,25,27). The van der Waals surface area contributed by atoms with Gasteiger partial charge in [-0.3, -0.25) is 4.79 Å². The van der Waals surface area contributed by atoms with Gasteiger partial charge in [0.25, 0.3) is 5.91 Å². The molecule has 0 atom stereocenters. The second-order valence-electron chi connectivity index (χ2n) is 7.62. The van der Waals surface area contributed by atoms with Gasteiger partial charge in [-0.1, -0.05) is 48.0 Å². The number of amides is 1. The lowest BCUT2D eigenvalue weighted by molar-refractivity contribution is -0.124. The SMILES string of the molecule is O=C(COC(=O)c1cccc(S(=O)(=O)NCc2ccccc2)c1)NCCC1=CCCCC1. The highest BCUT2D eigenvalue weighted by molar-refractivity contribution is 7.89. The fourth-order valence-electron chi connectivity index (χ4n) is 3.41. The van der Waals surface area contributed by atoms with Crippen LogP contribution in [0.1, 0.15) is 48.0 Å². The highest BCUT2D eigenvalue weighted by Crippen LogP contribution is 2.19. The van der Waals surface area contributed by atoms with Crippen LogP contribution in [0.4, 0.5) is 0 Å². The lowest BCUT2D eigenvalue weighted by Crippen LogP contribution is -2.30. The van der Waals surface area contributed by atoms with E-state index < -0.39 is 22.6 Å². The van der Waals surface area contributed by atoms with Crippen molar-refractivity contribution < 1.29 is 22.7 Å². The van der Waals surface area contributed by atoms with Gasteiger partial charge >= 0.3 is 5.97 Å². The van der Waals surface area contributed by atoms with Gasteiger partial charge in [0.1, 0.15) is 0 Å². The lowest BCUT2D eigenvalue weighted by atomic mass is 9.97. The van der Waals surface area contributed by atoms with Crippen LogP contribution in [0.5, 0.6) is 0 Å². The molecule has 2 aromatic rings. The molecule has 2 N–H and O–H groups in total. The van der Waals surface area contributed by atoms with E-state index in [1.54, 1.807) is 0 Å². The second-order valence-corrected chi connectivity index (χ2v) is 9.39. The Bertz CT molecular complexity index is 1060. The molecular weight excluding hydrogens is 428 g/mol. The number of hydrogen-bond donors (Lipinski definition) is 2. The van der Waals surface area contributed by atoms with Crippen molar-refractivity contribution in [1.82, 2.24) is 10.0 Å². The van der Waals surface area contributed by atoms with Crippen molar-refractivity contribution >= 4 is 21.9 Å². The second kappa shape index (κ2) is 11.6. The molecule has 0 saturated carbocycles. The maximum Gasteiger partial charge on any atom is 0.338 e. The smallest absolute Gasteiger partial charge is 0.338 e. The highest BCUT2D eigenvalue weighted by atomic mass is 32.2. The number of carbonyl (C=O) groups excluding carboxylic acids is 2. The molecule has 8 heteroatoms. The molecule has 32 heavy (non-hydrogen) atoms. The molecule has 7 nitrogen and oxygen atoms in total. The zero-order chi connectivity index (χ0) is 22.8. The van der Waals surface area contributed by atoms with E-state index in [1.165, 1.54) is 42.7 Å². The van der Waals surface area contributed by atoms with Gasteiger partial charge in [0, 0.05) is 13.1 Å². The first-order valence-corrected chi connectivity index (χ1v) is 12.2. The summed E-state index contributed by atoms with van der Waals surface area (Å²) in [5.74, 6) is -1.14. The number of nitrogens with one attached hydrogen (secondary N) is 2. The minimum absolute atomic E-state index is 0.0481. The summed E-state index contributed by atoms with van der Waals surface area (Å²) in [5.41, 5.74) is 2.23. The number of benzene rings is 2.